The minimum absolute atomic E-state index is 0.172. The van der Waals surface area contributed by atoms with Gasteiger partial charge in [0.05, 0.1) is 5.69 Å². The summed E-state index contributed by atoms with van der Waals surface area (Å²) in [6.45, 7) is 1.88. The van der Waals surface area contributed by atoms with Gasteiger partial charge in [0.1, 0.15) is 11.6 Å². The van der Waals surface area contributed by atoms with Crippen molar-refractivity contribution in [1.29, 1.82) is 0 Å². The van der Waals surface area contributed by atoms with Gasteiger partial charge in [0.2, 0.25) is 0 Å². The molecule has 0 aromatic heterocycles. The van der Waals surface area contributed by atoms with E-state index in [0.717, 1.165) is 29.4 Å². The van der Waals surface area contributed by atoms with Crippen LogP contribution in [-0.2, 0) is 0 Å². The zero-order chi connectivity index (χ0) is 15.6. The fourth-order valence-electron chi connectivity index (χ4n) is 2.09. The maximum absolute atomic E-state index is 13.5. The van der Waals surface area contributed by atoms with E-state index in [1.54, 1.807) is 12.1 Å². The van der Waals surface area contributed by atoms with Crippen molar-refractivity contribution in [2.24, 2.45) is 0 Å². The van der Waals surface area contributed by atoms with Crippen LogP contribution in [0.25, 0.3) is 0 Å². The predicted molar refractivity (Wildman–Crippen MR) is 79.8 cm³/mol. The molecule has 0 saturated carbocycles. The molecular weight excluding hydrogens is 274 g/mol. The molecule has 1 N–H and O–H groups in total. The molecule has 2 aromatic carbocycles. The van der Waals surface area contributed by atoms with E-state index < -0.39 is 17.5 Å². The Balaban J connectivity index is 2.24. The lowest BCUT2D eigenvalue weighted by Gasteiger charge is -2.16. The van der Waals surface area contributed by atoms with Gasteiger partial charge in [-0.2, -0.15) is 0 Å². The zero-order valence-electron chi connectivity index (χ0n) is 12.1. The number of hydrogen-bond acceptors (Lipinski definition) is 2. The maximum Gasteiger partial charge on any atom is 0.255 e. The van der Waals surface area contributed by atoms with Crippen molar-refractivity contribution in [2.45, 2.75) is 6.92 Å². The fourth-order valence-corrected chi connectivity index (χ4v) is 2.09. The van der Waals surface area contributed by atoms with Gasteiger partial charge < -0.3 is 10.2 Å². The lowest BCUT2D eigenvalue weighted by Crippen LogP contribution is -2.15. The number of carbonyl (C=O) groups excluding carboxylic acids is 1. The number of nitrogens with one attached hydrogen (secondary N) is 1. The molecule has 0 heterocycles. The van der Waals surface area contributed by atoms with Crippen LogP contribution < -0.4 is 10.2 Å². The second-order valence-electron chi connectivity index (χ2n) is 4.97. The molecule has 3 nitrogen and oxygen atoms in total. The number of rotatable bonds is 3. The van der Waals surface area contributed by atoms with Gasteiger partial charge in [-0.15, -0.1) is 0 Å². The van der Waals surface area contributed by atoms with Crippen LogP contribution in [0.15, 0.2) is 36.4 Å². The highest BCUT2D eigenvalue weighted by Gasteiger charge is 2.12. The number of nitrogens with zero attached hydrogens (tertiary/aromatic N) is 1. The smallest absolute Gasteiger partial charge is 0.255 e. The summed E-state index contributed by atoms with van der Waals surface area (Å²) in [4.78, 5) is 14.0. The highest BCUT2D eigenvalue weighted by Crippen LogP contribution is 2.21. The Morgan fingerprint density at radius 1 is 1.10 bits per heavy atom. The third-order valence-electron chi connectivity index (χ3n) is 3.12. The van der Waals surface area contributed by atoms with Gasteiger partial charge in [0.15, 0.2) is 0 Å². The van der Waals surface area contributed by atoms with Crippen molar-refractivity contribution in [3.63, 3.8) is 0 Å². The average Bonchev–Trinajstić information content (AvgIpc) is 2.42. The molecule has 1 amide bonds. The molecule has 0 radical (unpaired) electrons. The summed E-state index contributed by atoms with van der Waals surface area (Å²) in [6.07, 6.45) is 0. The highest BCUT2D eigenvalue weighted by molar-refractivity contribution is 6.04. The monoisotopic (exact) mass is 290 g/mol. The first-order chi connectivity index (χ1) is 9.88. The van der Waals surface area contributed by atoms with Gasteiger partial charge in [-0.05, 0) is 42.8 Å². The molecule has 2 aromatic rings. The van der Waals surface area contributed by atoms with Gasteiger partial charge in [-0.25, -0.2) is 8.78 Å². The lowest BCUT2D eigenvalue weighted by molar-refractivity contribution is 0.102. The lowest BCUT2D eigenvalue weighted by atomic mass is 10.1. The van der Waals surface area contributed by atoms with Gasteiger partial charge in [-0.1, -0.05) is 0 Å². The first kappa shape index (κ1) is 15.0. The van der Waals surface area contributed by atoms with Gasteiger partial charge in [0, 0.05) is 31.4 Å². The molecule has 0 aliphatic heterocycles. The van der Waals surface area contributed by atoms with Crippen molar-refractivity contribution < 1.29 is 13.6 Å². The van der Waals surface area contributed by atoms with E-state index in [2.05, 4.69) is 5.32 Å². The second kappa shape index (κ2) is 5.91. The third-order valence-corrected chi connectivity index (χ3v) is 3.12. The maximum atomic E-state index is 13.5. The molecule has 0 unspecified atom stereocenters. The van der Waals surface area contributed by atoms with E-state index >= 15 is 0 Å². The second-order valence-corrected chi connectivity index (χ2v) is 4.97. The summed E-state index contributed by atoms with van der Waals surface area (Å²) >= 11 is 0. The number of carbonyl (C=O) groups is 1. The van der Waals surface area contributed by atoms with Crippen LogP contribution in [0.1, 0.15) is 15.9 Å². The fraction of sp³-hybridized carbons (Fsp3) is 0.188. The number of anilines is 2. The van der Waals surface area contributed by atoms with Crippen molar-refractivity contribution in [2.75, 3.05) is 24.3 Å². The van der Waals surface area contributed by atoms with Crippen LogP contribution in [0.3, 0.4) is 0 Å². The summed E-state index contributed by atoms with van der Waals surface area (Å²) in [5, 5.41) is 2.38. The number of halogens is 2. The van der Waals surface area contributed by atoms with Crippen molar-refractivity contribution in [3.05, 3.63) is 59.2 Å². The summed E-state index contributed by atoms with van der Waals surface area (Å²) in [6, 6.07) is 8.10. The molecule has 0 bridgehead atoms. The Hall–Kier alpha value is -2.43. The molecule has 0 aliphatic rings. The first-order valence-electron chi connectivity index (χ1n) is 6.43. The van der Waals surface area contributed by atoms with Crippen molar-refractivity contribution >= 4 is 17.3 Å². The Morgan fingerprint density at radius 2 is 1.81 bits per heavy atom. The summed E-state index contributed by atoms with van der Waals surface area (Å²) in [5.74, 6) is -1.76. The summed E-state index contributed by atoms with van der Waals surface area (Å²) < 4.78 is 26.6. The summed E-state index contributed by atoms with van der Waals surface area (Å²) in [5.41, 5.74) is 2.13. The van der Waals surface area contributed by atoms with Crippen LogP contribution in [0, 0.1) is 18.6 Å². The molecule has 2 rings (SSSR count). The SMILES string of the molecule is Cc1cc(C(=O)Nc2cc(F)ccc2F)ccc1N(C)C. The number of benzene rings is 2. The Kier molecular flexibility index (Phi) is 4.21. The first-order valence-corrected chi connectivity index (χ1v) is 6.43. The number of hydrogen-bond donors (Lipinski definition) is 1. The van der Waals surface area contributed by atoms with Crippen LogP contribution in [-0.4, -0.2) is 20.0 Å². The van der Waals surface area contributed by atoms with E-state index in [4.69, 9.17) is 0 Å². The van der Waals surface area contributed by atoms with E-state index in [1.807, 2.05) is 32.0 Å². The van der Waals surface area contributed by atoms with Crippen molar-refractivity contribution in [3.8, 4) is 0 Å². The van der Waals surface area contributed by atoms with E-state index in [0.29, 0.717) is 5.56 Å². The molecule has 0 fully saturated rings. The van der Waals surface area contributed by atoms with Crippen LogP contribution in [0.5, 0.6) is 0 Å². The van der Waals surface area contributed by atoms with E-state index in [1.165, 1.54) is 0 Å². The normalized spacial score (nSPS) is 10.3. The molecule has 110 valence electrons. The van der Waals surface area contributed by atoms with Crippen LogP contribution in [0.4, 0.5) is 20.2 Å². The molecule has 0 saturated heterocycles. The standard InChI is InChI=1S/C16H16F2N2O/c1-10-8-11(4-7-15(10)20(2)3)16(21)19-14-9-12(17)5-6-13(14)18/h4-9H,1-3H3,(H,19,21). The van der Waals surface area contributed by atoms with Crippen LogP contribution >= 0.6 is 0 Å². The van der Waals surface area contributed by atoms with E-state index in [9.17, 15) is 13.6 Å². The minimum atomic E-state index is -0.675. The van der Waals surface area contributed by atoms with Gasteiger partial charge >= 0.3 is 0 Å². The molecule has 0 atom stereocenters. The summed E-state index contributed by atoms with van der Waals surface area (Å²) in [7, 11) is 3.81. The van der Waals surface area contributed by atoms with Crippen LogP contribution in [0.2, 0.25) is 0 Å². The quantitative estimate of drug-likeness (QED) is 0.937. The minimum Gasteiger partial charge on any atom is -0.377 e. The predicted octanol–water partition coefficient (Wildman–Crippen LogP) is 3.59. The zero-order valence-corrected chi connectivity index (χ0v) is 12.1. The topological polar surface area (TPSA) is 32.3 Å². The Morgan fingerprint density at radius 3 is 2.43 bits per heavy atom. The largest absolute Gasteiger partial charge is 0.377 e. The number of amides is 1. The Labute approximate surface area is 122 Å². The molecule has 21 heavy (non-hydrogen) atoms. The van der Waals surface area contributed by atoms with Gasteiger partial charge in [-0.3, -0.25) is 4.79 Å². The van der Waals surface area contributed by atoms with E-state index in [-0.39, 0.29) is 5.69 Å². The highest BCUT2D eigenvalue weighted by atomic mass is 19.1. The Bertz CT molecular complexity index is 684. The average molecular weight is 290 g/mol. The van der Waals surface area contributed by atoms with Gasteiger partial charge in [0.25, 0.3) is 5.91 Å². The molecular formula is C16H16F2N2O. The molecule has 0 aliphatic carbocycles. The molecule has 5 heteroatoms. The third kappa shape index (κ3) is 3.37. The van der Waals surface area contributed by atoms with Crippen molar-refractivity contribution in [1.82, 2.24) is 0 Å². The number of aryl methyl sites for hydroxylation is 1. The molecule has 0 spiro atoms.